The van der Waals surface area contributed by atoms with E-state index < -0.39 is 0 Å². The van der Waals surface area contributed by atoms with Crippen LogP contribution < -0.4 is 0 Å². The summed E-state index contributed by atoms with van der Waals surface area (Å²) in [5.74, 6) is 0. The summed E-state index contributed by atoms with van der Waals surface area (Å²) in [6, 6.07) is 51.6. The number of H-pyrrole nitrogens is 1. The number of hydrogen-bond acceptors (Lipinski definition) is 1. The third kappa shape index (κ3) is 4.79. The van der Waals surface area contributed by atoms with E-state index in [4.69, 9.17) is 4.98 Å². The quantitative estimate of drug-likeness (QED) is 0.194. The smallest absolute Gasteiger partial charge is 0.0702 e. The van der Waals surface area contributed by atoms with E-state index in [-0.39, 0.29) is 5.41 Å². The van der Waals surface area contributed by atoms with Crippen molar-refractivity contribution in [3.63, 3.8) is 0 Å². The predicted octanol–water partition coefficient (Wildman–Crippen LogP) is 14.3. The Hall–Kier alpha value is -6.71. The highest BCUT2D eigenvalue weighted by Gasteiger charge is 2.27. The molecule has 0 saturated heterocycles. The van der Waals surface area contributed by atoms with Crippen LogP contribution in [-0.4, -0.2) is 14.5 Å². The van der Waals surface area contributed by atoms with Gasteiger partial charge >= 0.3 is 0 Å². The molecule has 0 saturated carbocycles. The van der Waals surface area contributed by atoms with Crippen molar-refractivity contribution < 1.29 is 0 Å². The van der Waals surface area contributed by atoms with E-state index in [2.05, 4.69) is 189 Å². The van der Waals surface area contributed by atoms with E-state index in [1.807, 2.05) is 6.20 Å². The van der Waals surface area contributed by atoms with Crippen LogP contribution in [-0.2, 0) is 5.41 Å². The van der Waals surface area contributed by atoms with Crippen molar-refractivity contribution >= 4 is 60.3 Å². The summed E-state index contributed by atoms with van der Waals surface area (Å²) in [6.45, 7) is 8.91. The van der Waals surface area contributed by atoms with Gasteiger partial charge in [-0.2, -0.15) is 0 Å². The van der Waals surface area contributed by atoms with Crippen molar-refractivity contribution in [2.75, 3.05) is 0 Å². The molecule has 7 aromatic carbocycles. The molecule has 3 heterocycles. The molecule has 0 spiro atoms. The number of aromatic amines is 1. The van der Waals surface area contributed by atoms with Gasteiger partial charge in [0.1, 0.15) is 0 Å². The van der Waals surface area contributed by atoms with Gasteiger partial charge in [0.25, 0.3) is 0 Å². The van der Waals surface area contributed by atoms with Crippen LogP contribution >= 0.6 is 0 Å². The molecule has 262 valence electrons. The van der Waals surface area contributed by atoms with E-state index in [1.165, 1.54) is 87.8 Å². The molecule has 11 rings (SSSR count). The highest BCUT2D eigenvalue weighted by molar-refractivity contribution is 6.23. The zero-order valence-corrected chi connectivity index (χ0v) is 31.4. The first-order valence-electron chi connectivity index (χ1n) is 19.2. The average Bonchev–Trinajstić information content (AvgIpc) is 3.86. The first-order valence-corrected chi connectivity index (χ1v) is 19.2. The van der Waals surface area contributed by atoms with Crippen LogP contribution in [0.25, 0.3) is 111 Å². The first kappa shape index (κ1) is 31.8. The van der Waals surface area contributed by atoms with Crippen LogP contribution in [0.4, 0.5) is 0 Å². The second-order valence-electron chi connectivity index (χ2n) is 16.1. The lowest BCUT2D eigenvalue weighted by Gasteiger charge is -2.19. The van der Waals surface area contributed by atoms with Crippen molar-refractivity contribution in [1.82, 2.24) is 14.5 Å². The summed E-state index contributed by atoms with van der Waals surface area (Å²) >= 11 is 0. The summed E-state index contributed by atoms with van der Waals surface area (Å²) in [5, 5.41) is 8.87. The lowest BCUT2D eigenvalue weighted by molar-refractivity contribution is 0.591. The fraction of sp³-hybridized carbons (Fsp3) is 0.0962. The molecule has 0 fully saturated rings. The Kier molecular flexibility index (Phi) is 6.73. The minimum atomic E-state index is 0.0698. The molecule has 0 atom stereocenters. The van der Waals surface area contributed by atoms with E-state index in [0.29, 0.717) is 0 Å². The molecule has 3 aromatic heterocycles. The van der Waals surface area contributed by atoms with Crippen molar-refractivity contribution in [3.05, 3.63) is 163 Å². The van der Waals surface area contributed by atoms with Crippen LogP contribution in [0, 0.1) is 0 Å². The fourth-order valence-corrected chi connectivity index (χ4v) is 9.03. The van der Waals surface area contributed by atoms with Gasteiger partial charge < -0.3 is 9.55 Å². The van der Waals surface area contributed by atoms with Gasteiger partial charge in [-0.05, 0) is 117 Å². The molecule has 0 unspecified atom stereocenters. The average molecular weight is 706 g/mol. The van der Waals surface area contributed by atoms with E-state index >= 15 is 0 Å². The number of rotatable bonds is 4. The van der Waals surface area contributed by atoms with Gasteiger partial charge in [-0.1, -0.05) is 112 Å². The van der Waals surface area contributed by atoms with Gasteiger partial charge in [-0.25, -0.2) is 0 Å². The Morgan fingerprint density at radius 1 is 0.600 bits per heavy atom. The molecule has 1 aliphatic carbocycles. The Balaban J connectivity index is 1.03. The van der Waals surface area contributed by atoms with Crippen molar-refractivity contribution in [1.29, 1.82) is 0 Å². The van der Waals surface area contributed by atoms with Crippen LogP contribution in [0.15, 0.2) is 152 Å². The Labute approximate surface area is 320 Å². The third-order valence-electron chi connectivity index (χ3n) is 11.7. The second-order valence-corrected chi connectivity index (χ2v) is 16.1. The number of pyridine rings is 1. The first-order chi connectivity index (χ1) is 26.8. The summed E-state index contributed by atoms with van der Waals surface area (Å²) in [7, 11) is 0. The maximum Gasteiger partial charge on any atom is 0.0702 e. The standard InChI is InChI=1S/C52H39N3/c1-5-9-31-14-20-38(21-15-31)55-46-24-18-33(27-42(46)49-39-12-7-6-10-32(39)17-25-47(49)55)35-16-22-44(53-30-35)36-26-34-11-8-13-40-48(34)43(28-36)50-41-29-37(52(2,3)4)19-23-45(41)54-51(40)50/h5-30,54H,1-4H3/b9-5+. The molecule has 0 amide bonds. The van der Waals surface area contributed by atoms with Crippen molar-refractivity contribution in [2.24, 2.45) is 0 Å². The monoisotopic (exact) mass is 705 g/mol. The Morgan fingerprint density at radius 2 is 1.42 bits per heavy atom. The highest BCUT2D eigenvalue weighted by Crippen LogP contribution is 2.52. The number of hydrogen-bond donors (Lipinski definition) is 1. The van der Waals surface area contributed by atoms with Crippen molar-refractivity contribution in [2.45, 2.75) is 33.1 Å². The summed E-state index contributed by atoms with van der Waals surface area (Å²) in [6.07, 6.45) is 6.26. The minimum Gasteiger partial charge on any atom is -0.354 e. The van der Waals surface area contributed by atoms with Gasteiger partial charge in [0.05, 0.1) is 22.4 Å². The SMILES string of the molecule is C/C=C/c1ccc(-n2c3ccc(-c4ccc(-c5cc6c7c(cccc7c5)-c5[nH]c7ccc(C(C)(C)C)cc7c5-6)nc4)cc3c3c4ccccc4ccc32)cc1. The topological polar surface area (TPSA) is 33.6 Å². The van der Waals surface area contributed by atoms with Crippen molar-refractivity contribution in [3.8, 4) is 50.5 Å². The number of aromatic nitrogens is 3. The molecule has 55 heavy (non-hydrogen) atoms. The maximum absolute atomic E-state index is 5.13. The zero-order valence-electron chi connectivity index (χ0n) is 31.4. The van der Waals surface area contributed by atoms with Gasteiger partial charge in [0.15, 0.2) is 0 Å². The molecule has 1 aliphatic rings. The summed E-state index contributed by atoms with van der Waals surface area (Å²) < 4.78 is 2.40. The number of allylic oxidation sites excluding steroid dienone is 1. The van der Waals surface area contributed by atoms with Crippen LogP contribution in [0.3, 0.4) is 0 Å². The number of fused-ring (bicyclic) bond motifs is 10. The minimum absolute atomic E-state index is 0.0698. The van der Waals surface area contributed by atoms with Gasteiger partial charge in [0, 0.05) is 55.8 Å². The summed E-state index contributed by atoms with van der Waals surface area (Å²) in [4.78, 5) is 8.90. The van der Waals surface area contributed by atoms with Gasteiger partial charge in [-0.15, -0.1) is 0 Å². The molecule has 3 nitrogen and oxygen atoms in total. The lowest BCUT2D eigenvalue weighted by atomic mass is 9.86. The van der Waals surface area contributed by atoms with Crippen LogP contribution in [0.1, 0.15) is 38.8 Å². The van der Waals surface area contributed by atoms with E-state index in [1.54, 1.807) is 0 Å². The second kappa shape index (κ2) is 11.6. The van der Waals surface area contributed by atoms with Crippen LogP contribution in [0.2, 0.25) is 0 Å². The normalized spacial score (nSPS) is 12.7. The van der Waals surface area contributed by atoms with Crippen LogP contribution in [0.5, 0.6) is 0 Å². The molecule has 3 heteroatoms. The number of nitrogens with zero attached hydrogens (tertiary/aromatic N) is 2. The molecular formula is C52H39N3. The highest BCUT2D eigenvalue weighted by atomic mass is 15.0. The van der Waals surface area contributed by atoms with Gasteiger partial charge in [0.2, 0.25) is 0 Å². The number of nitrogens with one attached hydrogen (secondary N) is 1. The molecule has 0 aliphatic heterocycles. The molecule has 0 radical (unpaired) electrons. The fourth-order valence-electron chi connectivity index (χ4n) is 9.03. The molecule has 10 aromatic rings. The zero-order chi connectivity index (χ0) is 37.0. The predicted molar refractivity (Wildman–Crippen MR) is 234 cm³/mol. The lowest BCUT2D eigenvalue weighted by Crippen LogP contribution is -2.10. The van der Waals surface area contributed by atoms with E-state index in [0.717, 1.165) is 28.1 Å². The Bertz CT molecular complexity index is 3220. The number of benzene rings is 7. The molecular weight excluding hydrogens is 667 g/mol. The maximum atomic E-state index is 5.13. The van der Waals surface area contributed by atoms with Gasteiger partial charge in [-0.3, -0.25) is 4.98 Å². The largest absolute Gasteiger partial charge is 0.354 e. The third-order valence-corrected chi connectivity index (χ3v) is 11.7. The Morgan fingerprint density at radius 3 is 2.24 bits per heavy atom. The molecule has 1 N–H and O–H groups in total. The summed E-state index contributed by atoms with van der Waals surface area (Å²) in [5.41, 5.74) is 16.8. The van der Waals surface area contributed by atoms with E-state index in [9.17, 15) is 0 Å². The molecule has 0 bridgehead atoms.